The van der Waals surface area contributed by atoms with Crippen LogP contribution < -0.4 is 0 Å². The van der Waals surface area contributed by atoms with Crippen LogP contribution in [0.3, 0.4) is 0 Å². The van der Waals surface area contributed by atoms with Crippen molar-refractivity contribution in [1.29, 1.82) is 0 Å². The standard InChI is InChI=1S/C17H19Cl2NO4/c18-11-1-2-14(19)13(9-11)16(21)20-6-3-10(4-7-20)15-12(17(22)23)5-8-24-15/h1-2,9-10,12,15H,3-8H2,(H,22,23)/t12?,15-/m0/s1. The van der Waals surface area contributed by atoms with E-state index in [1.807, 2.05) is 0 Å². The number of carbonyl (C=O) groups excluding carboxylic acids is 1. The predicted molar refractivity (Wildman–Crippen MR) is 90.6 cm³/mol. The van der Waals surface area contributed by atoms with Crippen LogP contribution in [-0.2, 0) is 9.53 Å². The van der Waals surface area contributed by atoms with Gasteiger partial charge in [0, 0.05) is 24.7 Å². The summed E-state index contributed by atoms with van der Waals surface area (Å²) >= 11 is 12.1. The Hall–Kier alpha value is -1.30. The van der Waals surface area contributed by atoms with Gasteiger partial charge in [-0.1, -0.05) is 23.2 Å². The number of likely N-dealkylation sites (tertiary alicyclic amines) is 1. The number of benzene rings is 1. The molecule has 0 radical (unpaired) electrons. The van der Waals surface area contributed by atoms with Gasteiger partial charge in [-0.05, 0) is 43.4 Å². The second-order valence-corrected chi connectivity index (χ2v) is 7.17. The smallest absolute Gasteiger partial charge is 0.309 e. The zero-order valence-electron chi connectivity index (χ0n) is 13.1. The number of rotatable bonds is 3. The Balaban J connectivity index is 1.63. The minimum atomic E-state index is -0.790. The van der Waals surface area contributed by atoms with Gasteiger partial charge in [0.15, 0.2) is 0 Å². The molecule has 1 aromatic rings. The molecule has 7 heteroatoms. The van der Waals surface area contributed by atoms with Crippen LogP contribution in [0.1, 0.15) is 29.6 Å². The van der Waals surface area contributed by atoms with E-state index in [4.69, 9.17) is 27.9 Å². The lowest BCUT2D eigenvalue weighted by molar-refractivity contribution is -0.145. The van der Waals surface area contributed by atoms with E-state index in [0.29, 0.717) is 41.7 Å². The van der Waals surface area contributed by atoms with Gasteiger partial charge in [-0.25, -0.2) is 0 Å². The minimum Gasteiger partial charge on any atom is -0.481 e. The molecule has 0 saturated carbocycles. The molecule has 2 atom stereocenters. The highest BCUT2D eigenvalue weighted by Crippen LogP contribution is 2.34. The van der Waals surface area contributed by atoms with Crippen LogP contribution in [0.5, 0.6) is 0 Å². The Kier molecular flexibility index (Phi) is 5.33. The molecule has 0 spiro atoms. The lowest BCUT2D eigenvalue weighted by atomic mass is 9.84. The first-order chi connectivity index (χ1) is 11.5. The van der Waals surface area contributed by atoms with Gasteiger partial charge in [0.25, 0.3) is 5.91 Å². The van der Waals surface area contributed by atoms with Crippen molar-refractivity contribution < 1.29 is 19.4 Å². The van der Waals surface area contributed by atoms with E-state index < -0.39 is 11.9 Å². The maximum atomic E-state index is 12.6. The second kappa shape index (κ2) is 7.30. The molecule has 1 N–H and O–H groups in total. The van der Waals surface area contributed by atoms with Crippen molar-refractivity contribution in [3.63, 3.8) is 0 Å². The number of aliphatic carboxylic acids is 1. The molecule has 1 amide bonds. The molecule has 2 aliphatic heterocycles. The highest BCUT2D eigenvalue weighted by molar-refractivity contribution is 6.35. The van der Waals surface area contributed by atoms with E-state index in [1.54, 1.807) is 23.1 Å². The molecule has 24 heavy (non-hydrogen) atoms. The first kappa shape index (κ1) is 17.5. The van der Waals surface area contributed by atoms with Crippen LogP contribution in [0.25, 0.3) is 0 Å². The monoisotopic (exact) mass is 371 g/mol. The number of amides is 1. The molecule has 1 aromatic carbocycles. The third-order valence-corrected chi connectivity index (χ3v) is 5.47. The fraction of sp³-hybridized carbons (Fsp3) is 0.529. The number of hydrogen-bond donors (Lipinski definition) is 1. The molecule has 1 unspecified atom stereocenters. The summed E-state index contributed by atoms with van der Waals surface area (Å²) in [6, 6.07) is 4.85. The predicted octanol–water partition coefficient (Wildman–Crippen LogP) is 3.34. The van der Waals surface area contributed by atoms with Crippen LogP contribution >= 0.6 is 23.2 Å². The highest BCUT2D eigenvalue weighted by atomic mass is 35.5. The lowest BCUT2D eigenvalue weighted by Crippen LogP contribution is -2.43. The summed E-state index contributed by atoms with van der Waals surface area (Å²) in [6.07, 6.45) is 1.79. The molecule has 0 aromatic heterocycles. The molecule has 5 nitrogen and oxygen atoms in total. The molecule has 0 bridgehead atoms. The molecule has 2 aliphatic rings. The quantitative estimate of drug-likeness (QED) is 0.884. The molecular formula is C17H19Cl2NO4. The Morgan fingerprint density at radius 1 is 1.17 bits per heavy atom. The van der Waals surface area contributed by atoms with Crippen LogP contribution in [-0.4, -0.2) is 47.7 Å². The third-order valence-electron chi connectivity index (χ3n) is 4.90. The average molecular weight is 372 g/mol. The van der Waals surface area contributed by atoms with Gasteiger partial charge in [0.1, 0.15) is 0 Å². The topological polar surface area (TPSA) is 66.8 Å². The second-order valence-electron chi connectivity index (χ2n) is 6.32. The summed E-state index contributed by atoms with van der Waals surface area (Å²) in [7, 11) is 0. The van der Waals surface area contributed by atoms with Crippen molar-refractivity contribution in [2.45, 2.75) is 25.4 Å². The Bertz CT molecular complexity index is 643. The van der Waals surface area contributed by atoms with Crippen molar-refractivity contribution in [2.24, 2.45) is 11.8 Å². The number of hydrogen-bond acceptors (Lipinski definition) is 3. The maximum Gasteiger partial charge on any atom is 0.309 e. The number of ether oxygens (including phenoxy) is 1. The van der Waals surface area contributed by atoms with E-state index >= 15 is 0 Å². The van der Waals surface area contributed by atoms with E-state index in [-0.39, 0.29) is 17.9 Å². The van der Waals surface area contributed by atoms with Crippen LogP contribution in [0.2, 0.25) is 10.0 Å². The van der Waals surface area contributed by atoms with Crippen molar-refractivity contribution in [2.75, 3.05) is 19.7 Å². The van der Waals surface area contributed by atoms with E-state index in [2.05, 4.69) is 0 Å². The summed E-state index contributed by atoms with van der Waals surface area (Å²) in [5.74, 6) is -1.18. The Labute approximate surface area is 150 Å². The number of nitrogens with zero attached hydrogens (tertiary/aromatic N) is 1. The zero-order valence-corrected chi connectivity index (χ0v) is 14.6. The molecule has 2 heterocycles. The van der Waals surface area contributed by atoms with Gasteiger partial charge in [0.2, 0.25) is 0 Å². The van der Waals surface area contributed by atoms with Gasteiger partial charge < -0.3 is 14.7 Å². The molecule has 0 aliphatic carbocycles. The van der Waals surface area contributed by atoms with E-state index in [9.17, 15) is 14.7 Å². The first-order valence-electron chi connectivity index (χ1n) is 8.06. The normalized spacial score (nSPS) is 25.0. The van der Waals surface area contributed by atoms with Crippen LogP contribution in [0, 0.1) is 11.8 Å². The third kappa shape index (κ3) is 3.53. The molecule has 2 saturated heterocycles. The summed E-state index contributed by atoms with van der Waals surface area (Å²) < 4.78 is 5.66. The lowest BCUT2D eigenvalue weighted by Gasteiger charge is -2.35. The molecule has 3 rings (SSSR count). The van der Waals surface area contributed by atoms with E-state index in [1.165, 1.54) is 0 Å². The Morgan fingerprint density at radius 3 is 2.54 bits per heavy atom. The SMILES string of the molecule is O=C(O)C1CCO[C@H]1C1CCN(C(=O)c2cc(Cl)ccc2Cl)CC1. The number of piperidine rings is 1. The van der Waals surface area contributed by atoms with Crippen LogP contribution in [0.15, 0.2) is 18.2 Å². The number of carboxylic acids is 1. The maximum absolute atomic E-state index is 12.6. The minimum absolute atomic E-state index is 0.136. The van der Waals surface area contributed by atoms with Crippen molar-refractivity contribution >= 4 is 35.1 Å². The van der Waals surface area contributed by atoms with Crippen molar-refractivity contribution in [3.05, 3.63) is 33.8 Å². The van der Waals surface area contributed by atoms with Gasteiger partial charge in [-0.3, -0.25) is 9.59 Å². The van der Waals surface area contributed by atoms with Crippen molar-refractivity contribution in [3.8, 4) is 0 Å². The first-order valence-corrected chi connectivity index (χ1v) is 8.81. The summed E-state index contributed by atoms with van der Waals surface area (Å²) in [5, 5.41) is 10.1. The fourth-order valence-electron chi connectivity index (χ4n) is 3.60. The average Bonchev–Trinajstić information content (AvgIpc) is 3.06. The van der Waals surface area contributed by atoms with Gasteiger partial charge in [-0.2, -0.15) is 0 Å². The van der Waals surface area contributed by atoms with Gasteiger partial charge >= 0.3 is 5.97 Å². The summed E-state index contributed by atoms with van der Waals surface area (Å²) in [6.45, 7) is 1.63. The molecule has 2 fully saturated rings. The van der Waals surface area contributed by atoms with Crippen molar-refractivity contribution in [1.82, 2.24) is 4.90 Å². The van der Waals surface area contributed by atoms with Gasteiger partial charge in [0.05, 0.1) is 22.6 Å². The zero-order chi connectivity index (χ0) is 17.3. The van der Waals surface area contributed by atoms with Gasteiger partial charge in [-0.15, -0.1) is 0 Å². The fourth-order valence-corrected chi connectivity index (χ4v) is 3.97. The largest absolute Gasteiger partial charge is 0.481 e. The highest BCUT2D eigenvalue weighted by Gasteiger charge is 2.40. The molecule has 130 valence electrons. The number of carboxylic acid groups (broad SMARTS) is 1. The number of carbonyl (C=O) groups is 2. The summed E-state index contributed by atoms with van der Waals surface area (Å²) in [4.78, 5) is 25.7. The summed E-state index contributed by atoms with van der Waals surface area (Å²) in [5.41, 5.74) is 0.406. The molecular weight excluding hydrogens is 353 g/mol. The van der Waals surface area contributed by atoms with E-state index in [0.717, 1.165) is 12.8 Å². The Morgan fingerprint density at radius 2 is 1.88 bits per heavy atom. The van der Waals surface area contributed by atoms with Crippen LogP contribution in [0.4, 0.5) is 0 Å². The number of halogens is 2.